The molecule has 524 valence electrons. The summed E-state index contributed by atoms with van der Waals surface area (Å²) < 4.78 is 0. The van der Waals surface area contributed by atoms with E-state index >= 15 is 0 Å². The predicted octanol–water partition coefficient (Wildman–Crippen LogP) is 19.6. The minimum Gasteiger partial charge on any atom is -0.638 e. The van der Waals surface area contributed by atoms with Crippen molar-refractivity contribution in [2.45, 2.75) is 158 Å². The van der Waals surface area contributed by atoms with Crippen LogP contribution in [0.25, 0.3) is 9.79 Å². The van der Waals surface area contributed by atoms with E-state index < -0.39 is 16.5 Å². The van der Waals surface area contributed by atoms with E-state index in [2.05, 4.69) is 410 Å². The Hall–Kier alpha value is -5.60. The standard InChI is InChI=1S/2C44H50BN3Si.2Yb/c2*1-32(2)39-26-18-27-40(33(3)4)43(39)47-30-31-48(44-41(34(5)6)28-19-29-42(44)35(7)8)45(47)46-49(36-20-12-9-13-21-36,37-22-14-10-15-23-37)38-24-16-11-17-25-38;;/h2*9-24,26-35H,1-8H3;;/q2*-2;2*+2. The van der Waals surface area contributed by atoms with Crippen LogP contribution < -0.4 is 50.4 Å². The van der Waals surface area contributed by atoms with Crippen LogP contribution in [-0.2, 0) is 0 Å². The molecule has 12 heteroatoms. The summed E-state index contributed by atoms with van der Waals surface area (Å²) in [6.45, 7) is 36.9. The molecule has 0 bridgehead atoms. The summed E-state index contributed by atoms with van der Waals surface area (Å²) >= 11 is 0. The van der Waals surface area contributed by atoms with Crippen LogP contribution in [0.15, 0.2) is 267 Å². The van der Waals surface area contributed by atoms with E-state index in [1.165, 1.54) is 88.0 Å². The molecule has 0 amide bonds. The Morgan fingerprint density at radius 3 is 0.610 bits per heavy atom. The van der Waals surface area contributed by atoms with Gasteiger partial charge < -0.3 is 29.0 Å². The summed E-state index contributed by atoms with van der Waals surface area (Å²) in [6, 6.07) is 95.9. The zero-order valence-corrected chi connectivity index (χ0v) is 66.8. The molecule has 0 unspecified atom stereocenters. The SMILES string of the molecule is CC(C)c1cccc(C(C)C)c1N1C=CN(c2c(C(C)C)cccc2C(C)C)B1[N-][Si](c1[c-]cccc1)(c1ccccc1)c1ccccc1.CC(C)c1cccc(C(C)C)c1N1C=CN(c2c(C(C)C)cccc2C(C)C)B1[N-][Si](c1[c-]cccc1)(c1ccccc1)c1ccccc1.[Yb+2].[Yb+2]. The van der Waals surface area contributed by atoms with Gasteiger partial charge in [0.25, 0.3) is 14.2 Å². The second kappa shape index (κ2) is 35.3. The average Bonchev–Trinajstić information content (AvgIpc) is 1.53. The predicted molar refractivity (Wildman–Crippen MR) is 431 cm³/mol. The third-order valence-electron chi connectivity index (χ3n) is 19.8. The molecule has 10 aromatic carbocycles. The Bertz CT molecular complexity index is 3580. The zero-order chi connectivity index (χ0) is 69.4. The van der Waals surface area contributed by atoms with Gasteiger partial charge in [0.2, 0.25) is 0 Å². The number of rotatable bonds is 22. The number of para-hydroxylation sites is 4. The minimum atomic E-state index is -3.07. The Morgan fingerprint density at radius 1 is 0.250 bits per heavy atom. The summed E-state index contributed by atoms with van der Waals surface area (Å²) in [5.74, 6) is 2.77. The fourth-order valence-corrected chi connectivity index (χ4v) is 22.7. The first-order valence-corrected chi connectivity index (χ1v) is 39.8. The molecule has 2 heterocycles. The third-order valence-corrected chi connectivity index (χ3v) is 27.8. The van der Waals surface area contributed by atoms with Crippen molar-refractivity contribution in [3.8, 4) is 0 Å². The van der Waals surface area contributed by atoms with Crippen LogP contribution in [0.5, 0.6) is 0 Å². The summed E-state index contributed by atoms with van der Waals surface area (Å²) in [5, 5.41) is 7.30. The normalized spacial score (nSPS) is 13.2. The fraction of sp³-hybridized carbons (Fsp3) is 0.273. The van der Waals surface area contributed by atoms with Gasteiger partial charge in [-0.25, -0.2) is 0 Å². The molecule has 0 aliphatic carbocycles. The van der Waals surface area contributed by atoms with E-state index in [9.17, 15) is 0 Å². The molecule has 2 aliphatic rings. The molecule has 2 aliphatic heterocycles. The summed E-state index contributed by atoms with van der Waals surface area (Å²) in [4.78, 5) is 22.6. The van der Waals surface area contributed by atoms with Crippen LogP contribution >= 0.6 is 0 Å². The van der Waals surface area contributed by atoms with Crippen LogP contribution in [-0.4, -0.2) is 30.7 Å². The number of nitrogens with zero attached hydrogens (tertiary/aromatic N) is 6. The van der Waals surface area contributed by atoms with Gasteiger partial charge in [-0.3, -0.25) is 0 Å². The van der Waals surface area contributed by atoms with E-state index in [-0.39, 0.29) is 108 Å². The van der Waals surface area contributed by atoms with E-state index in [1.54, 1.807) is 0 Å². The van der Waals surface area contributed by atoms with Gasteiger partial charge in [0.05, 0.1) is 0 Å². The van der Waals surface area contributed by atoms with Crippen molar-refractivity contribution in [3.63, 3.8) is 0 Å². The van der Waals surface area contributed by atoms with Gasteiger partial charge in [0.1, 0.15) is 0 Å². The molecule has 12 rings (SSSR count). The molecular formula is C88H100B2N6Si2Yb2. The molecule has 0 saturated carbocycles. The molecule has 100 heavy (non-hydrogen) atoms. The van der Waals surface area contributed by atoms with Crippen LogP contribution in [0.2, 0.25) is 0 Å². The first-order valence-electron chi connectivity index (χ1n) is 35.9. The molecule has 0 saturated heterocycles. The molecule has 0 radical (unpaired) electrons. The maximum absolute atomic E-state index is 6.33. The van der Waals surface area contributed by atoms with Gasteiger partial charge >= 0.3 is 93.8 Å². The van der Waals surface area contributed by atoms with Gasteiger partial charge in [-0.1, -0.05) is 326 Å². The van der Waals surface area contributed by atoms with Gasteiger partial charge in [-0.2, -0.15) is 71.0 Å². The molecule has 0 fully saturated rings. The van der Waals surface area contributed by atoms with Crippen LogP contribution in [0.3, 0.4) is 0 Å². The molecule has 0 atom stereocenters. The Kier molecular flexibility index (Phi) is 27.7. The summed E-state index contributed by atoms with van der Waals surface area (Å²) in [6.07, 6.45) is 9.19. The summed E-state index contributed by atoms with van der Waals surface area (Å²) in [7, 11) is -6.82. The van der Waals surface area contributed by atoms with Gasteiger partial charge in [-0.15, -0.1) is 0 Å². The van der Waals surface area contributed by atoms with Crippen molar-refractivity contribution >= 4 is 84.6 Å². The zero-order valence-electron chi connectivity index (χ0n) is 61.4. The molecule has 6 nitrogen and oxygen atoms in total. The smallest absolute Gasteiger partial charge is 0.638 e. The van der Waals surface area contributed by atoms with E-state index in [0.29, 0.717) is 47.3 Å². The largest absolute Gasteiger partial charge is 2.00 e. The van der Waals surface area contributed by atoms with Crippen molar-refractivity contribution in [1.29, 1.82) is 0 Å². The Balaban J connectivity index is 0.000000229. The maximum Gasteiger partial charge on any atom is 2.00 e. The molecule has 10 aromatic rings. The molecule has 0 spiro atoms. The minimum absolute atomic E-state index is 0. The van der Waals surface area contributed by atoms with Crippen LogP contribution in [0.4, 0.5) is 22.7 Å². The second-order valence-corrected chi connectivity index (χ2v) is 35.7. The van der Waals surface area contributed by atoms with Gasteiger partial charge in [0, 0.05) is 64.0 Å². The maximum atomic E-state index is 6.33. The average molecular weight is 1670 g/mol. The number of hydrogen-bond donors (Lipinski definition) is 0. The monoisotopic (exact) mass is 1670 g/mol. The number of benzene rings is 10. The third kappa shape index (κ3) is 16.2. The van der Waals surface area contributed by atoms with Crippen molar-refractivity contribution in [2.24, 2.45) is 0 Å². The van der Waals surface area contributed by atoms with E-state index in [1.807, 2.05) is 0 Å². The Morgan fingerprint density at radius 2 is 0.440 bits per heavy atom. The summed E-state index contributed by atoms with van der Waals surface area (Å²) in [5.41, 5.74) is 15.8. The quantitative estimate of drug-likeness (QED) is 0.0385. The first-order chi connectivity index (χ1) is 47.3. The van der Waals surface area contributed by atoms with Gasteiger partial charge in [-0.05, 0) is 91.9 Å². The van der Waals surface area contributed by atoms with Crippen molar-refractivity contribution < 1.29 is 93.8 Å². The van der Waals surface area contributed by atoms with Crippen molar-refractivity contribution in [2.75, 3.05) is 19.2 Å². The molecule has 0 N–H and O–H groups in total. The van der Waals surface area contributed by atoms with Crippen LogP contribution in [0, 0.1) is 106 Å². The number of anilines is 4. The first kappa shape index (κ1) is 78.5. The van der Waals surface area contributed by atoms with Crippen molar-refractivity contribution in [1.82, 2.24) is 0 Å². The molecule has 0 aromatic heterocycles. The Labute approximate surface area is 681 Å². The fourth-order valence-electron chi connectivity index (χ4n) is 14.8. The number of hydrogen-bond acceptors (Lipinski definition) is 4. The van der Waals surface area contributed by atoms with Crippen molar-refractivity contribution in [3.05, 3.63) is 334 Å². The second-order valence-electron chi connectivity index (χ2n) is 29.0. The topological polar surface area (TPSA) is 41.2 Å². The van der Waals surface area contributed by atoms with E-state index in [4.69, 9.17) is 9.79 Å². The van der Waals surface area contributed by atoms with Crippen LogP contribution in [0.1, 0.15) is 203 Å². The van der Waals surface area contributed by atoms with Gasteiger partial charge in [0.15, 0.2) is 0 Å². The molecular weight excluding hydrogens is 1560 g/mol. The van der Waals surface area contributed by atoms with E-state index in [0.717, 1.165) is 10.4 Å².